The van der Waals surface area contributed by atoms with Gasteiger partial charge in [-0.3, -0.25) is 9.13 Å². The Kier molecular flexibility index (Phi) is 2.28. The third kappa shape index (κ3) is 1.27. The van der Waals surface area contributed by atoms with Crippen LogP contribution in [0.15, 0.2) is 0 Å². The first-order chi connectivity index (χ1) is 8.22. The second-order valence-electron chi connectivity index (χ2n) is 6.15. The number of hydrogen-bond acceptors (Lipinski definition) is 4. The van der Waals surface area contributed by atoms with Crippen LogP contribution >= 0.6 is 0 Å². The molecule has 17 heavy (non-hydrogen) atoms. The Morgan fingerprint density at radius 1 is 0.824 bits per heavy atom. The summed E-state index contributed by atoms with van der Waals surface area (Å²) in [7, 11) is -2.19. The standard InChI is InChI=1S/C12H22N2O2Si/c1-9-3-5-11-7-15-17(13(9)11)14-10(2)4-6-12(14)8-16-17/h9-12H,3-8H2,1-2H3. The van der Waals surface area contributed by atoms with E-state index in [1.54, 1.807) is 0 Å². The van der Waals surface area contributed by atoms with Crippen LogP contribution in [-0.2, 0) is 8.85 Å². The van der Waals surface area contributed by atoms with Crippen molar-refractivity contribution < 1.29 is 8.85 Å². The zero-order chi connectivity index (χ0) is 11.6. The summed E-state index contributed by atoms with van der Waals surface area (Å²) >= 11 is 0. The van der Waals surface area contributed by atoms with Gasteiger partial charge in [-0.15, -0.1) is 0 Å². The largest absolute Gasteiger partial charge is 0.523 e. The van der Waals surface area contributed by atoms with Gasteiger partial charge in [-0.1, -0.05) is 0 Å². The van der Waals surface area contributed by atoms with E-state index in [0.29, 0.717) is 24.2 Å². The van der Waals surface area contributed by atoms with Crippen LogP contribution in [0.5, 0.6) is 0 Å². The fourth-order valence-corrected chi connectivity index (χ4v) is 8.84. The SMILES string of the molecule is CC1CCC2CO[Si]3(OCC4CCC(C)N43)N12. The van der Waals surface area contributed by atoms with E-state index < -0.39 is 8.88 Å². The Morgan fingerprint density at radius 2 is 1.29 bits per heavy atom. The predicted molar refractivity (Wildman–Crippen MR) is 66.3 cm³/mol. The summed E-state index contributed by atoms with van der Waals surface area (Å²) in [5.41, 5.74) is 0. The quantitative estimate of drug-likeness (QED) is 0.606. The van der Waals surface area contributed by atoms with E-state index in [1.165, 1.54) is 25.7 Å². The normalized spacial score (nSPS) is 54.7. The minimum atomic E-state index is -2.19. The average molecular weight is 254 g/mol. The molecule has 4 heterocycles. The molecule has 4 nitrogen and oxygen atoms in total. The molecule has 0 N–H and O–H groups in total. The van der Waals surface area contributed by atoms with E-state index in [0.717, 1.165) is 13.2 Å². The van der Waals surface area contributed by atoms with E-state index in [9.17, 15) is 0 Å². The summed E-state index contributed by atoms with van der Waals surface area (Å²) in [5.74, 6) is 0. The topological polar surface area (TPSA) is 24.9 Å². The zero-order valence-electron chi connectivity index (χ0n) is 10.8. The first-order valence-corrected chi connectivity index (χ1v) is 8.78. The predicted octanol–water partition coefficient (Wildman–Crippen LogP) is 1.19. The van der Waals surface area contributed by atoms with Crippen LogP contribution in [0.1, 0.15) is 39.5 Å². The minimum Gasteiger partial charge on any atom is -0.369 e. The Bertz CT molecular complexity index is 308. The van der Waals surface area contributed by atoms with Crippen molar-refractivity contribution in [2.45, 2.75) is 63.7 Å². The maximum atomic E-state index is 6.29. The molecule has 4 saturated heterocycles. The van der Waals surface area contributed by atoms with Crippen molar-refractivity contribution in [2.75, 3.05) is 13.2 Å². The van der Waals surface area contributed by atoms with Crippen molar-refractivity contribution >= 4 is 8.88 Å². The van der Waals surface area contributed by atoms with Gasteiger partial charge >= 0.3 is 8.88 Å². The second kappa shape index (κ2) is 3.54. The second-order valence-corrected chi connectivity index (χ2v) is 8.85. The van der Waals surface area contributed by atoms with Gasteiger partial charge in [0, 0.05) is 24.2 Å². The lowest BCUT2D eigenvalue weighted by molar-refractivity contribution is 0.159. The van der Waals surface area contributed by atoms with Crippen LogP contribution in [-0.4, -0.2) is 55.4 Å². The first-order valence-electron chi connectivity index (χ1n) is 7.07. The van der Waals surface area contributed by atoms with Crippen LogP contribution in [0, 0.1) is 0 Å². The molecule has 0 aliphatic carbocycles. The lowest BCUT2D eigenvalue weighted by atomic mass is 10.2. The monoisotopic (exact) mass is 254 g/mol. The van der Waals surface area contributed by atoms with Gasteiger partial charge in [0.25, 0.3) is 0 Å². The number of nitrogens with zero attached hydrogens (tertiary/aromatic N) is 2. The Labute approximate surface area is 104 Å². The highest BCUT2D eigenvalue weighted by Crippen LogP contribution is 2.45. The maximum Gasteiger partial charge on any atom is 0.523 e. The molecule has 4 rings (SSSR count). The Balaban J connectivity index is 1.72. The average Bonchev–Trinajstić information content (AvgIpc) is 3.00. The summed E-state index contributed by atoms with van der Waals surface area (Å²) < 4.78 is 17.9. The van der Waals surface area contributed by atoms with E-state index in [4.69, 9.17) is 8.85 Å². The van der Waals surface area contributed by atoms with Gasteiger partial charge in [0.1, 0.15) is 0 Å². The minimum absolute atomic E-state index is 0.642. The van der Waals surface area contributed by atoms with Crippen LogP contribution < -0.4 is 0 Å². The van der Waals surface area contributed by atoms with E-state index in [2.05, 4.69) is 23.0 Å². The van der Waals surface area contributed by atoms with Crippen molar-refractivity contribution in [2.24, 2.45) is 0 Å². The lowest BCUT2D eigenvalue weighted by Crippen LogP contribution is -2.66. The van der Waals surface area contributed by atoms with Crippen molar-refractivity contribution in [1.29, 1.82) is 0 Å². The fourth-order valence-electron chi connectivity index (χ4n) is 4.37. The molecule has 0 aromatic rings. The van der Waals surface area contributed by atoms with Gasteiger partial charge in [0.15, 0.2) is 0 Å². The number of hydrogen-bond donors (Lipinski definition) is 0. The van der Waals surface area contributed by atoms with E-state index in [-0.39, 0.29) is 0 Å². The van der Waals surface area contributed by atoms with Crippen molar-refractivity contribution in [1.82, 2.24) is 9.13 Å². The van der Waals surface area contributed by atoms with Crippen LogP contribution in [0.25, 0.3) is 0 Å². The molecule has 0 amide bonds. The summed E-state index contributed by atoms with van der Waals surface area (Å²) in [6, 6.07) is 2.59. The van der Waals surface area contributed by atoms with Crippen molar-refractivity contribution in [3.8, 4) is 0 Å². The molecule has 0 bridgehead atoms. The molecule has 0 saturated carbocycles. The molecule has 4 fully saturated rings. The van der Waals surface area contributed by atoms with Crippen LogP contribution in [0.2, 0.25) is 0 Å². The van der Waals surface area contributed by atoms with Crippen molar-refractivity contribution in [3.63, 3.8) is 0 Å². The van der Waals surface area contributed by atoms with Crippen LogP contribution in [0.4, 0.5) is 0 Å². The van der Waals surface area contributed by atoms with Gasteiger partial charge in [0.2, 0.25) is 0 Å². The van der Waals surface area contributed by atoms with Gasteiger partial charge in [0.05, 0.1) is 13.2 Å². The van der Waals surface area contributed by atoms with Gasteiger partial charge in [-0.05, 0) is 39.5 Å². The first kappa shape index (κ1) is 10.9. The molecule has 4 unspecified atom stereocenters. The van der Waals surface area contributed by atoms with Gasteiger partial charge in [-0.25, -0.2) is 0 Å². The number of rotatable bonds is 0. The molecule has 0 radical (unpaired) electrons. The maximum absolute atomic E-state index is 6.29. The molecule has 4 atom stereocenters. The highest BCUT2D eigenvalue weighted by Gasteiger charge is 2.68. The summed E-state index contributed by atoms with van der Waals surface area (Å²) in [6.45, 7) is 6.51. The molecule has 4 aliphatic rings. The van der Waals surface area contributed by atoms with Gasteiger partial charge in [-0.2, -0.15) is 0 Å². The molecule has 0 aromatic heterocycles. The third-order valence-electron chi connectivity index (χ3n) is 5.15. The molecular formula is C12H22N2O2Si. The summed E-state index contributed by atoms with van der Waals surface area (Å²) in [5, 5.41) is 0. The zero-order valence-corrected chi connectivity index (χ0v) is 11.8. The Hall–Kier alpha value is 0.0569. The molecular weight excluding hydrogens is 232 g/mol. The van der Waals surface area contributed by atoms with Gasteiger partial charge < -0.3 is 8.85 Å². The molecule has 4 aliphatic heterocycles. The lowest BCUT2D eigenvalue weighted by Gasteiger charge is -2.38. The number of fused-ring (bicyclic) bond motifs is 4. The summed E-state index contributed by atoms with van der Waals surface area (Å²) in [4.78, 5) is 0. The van der Waals surface area contributed by atoms with Crippen molar-refractivity contribution in [3.05, 3.63) is 0 Å². The highest BCUT2D eigenvalue weighted by molar-refractivity contribution is 6.63. The Morgan fingerprint density at radius 3 is 1.76 bits per heavy atom. The summed E-state index contributed by atoms with van der Waals surface area (Å²) in [6.07, 6.45) is 5.23. The highest BCUT2D eigenvalue weighted by atomic mass is 28.4. The smallest absolute Gasteiger partial charge is 0.369 e. The molecule has 0 aromatic carbocycles. The molecule has 5 heteroatoms. The fraction of sp³-hybridized carbons (Fsp3) is 1.00. The van der Waals surface area contributed by atoms with Crippen LogP contribution in [0.3, 0.4) is 0 Å². The third-order valence-corrected chi connectivity index (χ3v) is 9.15. The molecule has 96 valence electrons. The van der Waals surface area contributed by atoms with E-state index >= 15 is 0 Å². The van der Waals surface area contributed by atoms with E-state index in [1.807, 2.05) is 0 Å². The molecule has 1 spiro atoms.